The fourth-order valence-corrected chi connectivity index (χ4v) is 7.93. The molecule has 7 aromatic rings. The minimum absolute atomic E-state index is 0. The van der Waals surface area contributed by atoms with Gasteiger partial charge in [-0.2, -0.15) is 0 Å². The number of benzene rings is 4. The zero-order valence-corrected chi connectivity index (χ0v) is 30.6. The maximum Gasteiger partial charge on any atom is 0.209 e. The Morgan fingerprint density at radius 1 is 0.585 bits per heavy atom. The Morgan fingerprint density at radius 3 is 1.51 bits per heavy atom. The van der Waals surface area contributed by atoms with E-state index < -0.39 is 10.0 Å². The monoisotopic (exact) mass is 769 g/mol. The fraction of sp³-hybridized carbons (Fsp3) is 0.179. The first-order chi connectivity index (χ1) is 25.2. The number of sulfonamides is 1. The van der Waals surface area contributed by atoms with Crippen molar-refractivity contribution in [2.45, 2.75) is 25.3 Å². The molecular formula is C39H34CuN10O2S. The van der Waals surface area contributed by atoms with E-state index in [1.807, 2.05) is 99.0 Å². The first-order valence-corrected chi connectivity index (χ1v) is 18.8. The van der Waals surface area contributed by atoms with Gasteiger partial charge in [0.15, 0.2) is 23.3 Å². The normalized spacial score (nSPS) is 12.8. The van der Waals surface area contributed by atoms with Crippen molar-refractivity contribution in [3.05, 3.63) is 96.6 Å². The second-order valence-corrected chi connectivity index (χ2v) is 15.1. The van der Waals surface area contributed by atoms with Gasteiger partial charge >= 0.3 is 0 Å². The molecule has 5 heterocycles. The molecule has 2 aliphatic rings. The SMILES string of the molecule is CN(C)C(CCCCS(N)(=O)=O)c1cccc2c3nc4nc(nc5[nH]c(nc6nc(nc([nH]3)c12)-c1ccccc1-6)c1ccccc51)-c1ccccc1-4.[Cu]. The topological polar surface area (TPSA) is 172 Å². The van der Waals surface area contributed by atoms with Crippen molar-refractivity contribution in [3.8, 4) is 45.6 Å². The molecule has 8 bridgehead atoms. The molecule has 4 aromatic carbocycles. The Hall–Kier alpha value is -5.37. The van der Waals surface area contributed by atoms with Crippen LogP contribution >= 0.6 is 0 Å². The van der Waals surface area contributed by atoms with Gasteiger partial charge in [0.2, 0.25) is 10.0 Å². The molecule has 0 saturated heterocycles. The van der Waals surface area contributed by atoms with Crippen LogP contribution in [0.3, 0.4) is 0 Å². The Labute approximate surface area is 315 Å². The summed E-state index contributed by atoms with van der Waals surface area (Å²) in [6.07, 6.45) is 1.86. The summed E-state index contributed by atoms with van der Waals surface area (Å²) in [5.41, 5.74) is 7.03. The smallest absolute Gasteiger partial charge is 0.209 e. The molecule has 1 radical (unpaired) electrons. The van der Waals surface area contributed by atoms with Gasteiger partial charge in [0, 0.05) is 66.9 Å². The molecule has 0 amide bonds. The first-order valence-electron chi connectivity index (χ1n) is 17.1. The molecule has 0 spiro atoms. The summed E-state index contributed by atoms with van der Waals surface area (Å²) >= 11 is 0. The third-order valence-electron chi connectivity index (χ3n) is 9.75. The number of fused-ring (bicyclic) bond motifs is 20. The largest absolute Gasteiger partial charge is 0.324 e. The van der Waals surface area contributed by atoms with Crippen molar-refractivity contribution in [1.82, 2.24) is 44.8 Å². The van der Waals surface area contributed by atoms with Gasteiger partial charge in [-0.25, -0.2) is 43.5 Å². The summed E-state index contributed by atoms with van der Waals surface area (Å²) in [4.78, 5) is 39.7. The molecule has 0 fully saturated rings. The first kappa shape index (κ1) is 34.7. The van der Waals surface area contributed by atoms with Crippen LogP contribution in [0.5, 0.6) is 0 Å². The minimum atomic E-state index is -3.54. The number of aromatic nitrogens is 8. The molecular weight excluding hydrogens is 736 g/mol. The molecule has 2 aliphatic heterocycles. The molecule has 4 N–H and O–H groups in total. The number of aromatic amines is 2. The molecule has 269 valence electrons. The second-order valence-electron chi connectivity index (χ2n) is 13.4. The Morgan fingerprint density at radius 2 is 1.02 bits per heavy atom. The molecule has 9 rings (SSSR count). The Bertz CT molecular complexity index is 2850. The fourth-order valence-electron chi connectivity index (χ4n) is 7.33. The van der Waals surface area contributed by atoms with Gasteiger partial charge in [0.25, 0.3) is 0 Å². The number of rotatable bonds is 7. The van der Waals surface area contributed by atoms with Crippen molar-refractivity contribution < 1.29 is 25.5 Å². The van der Waals surface area contributed by atoms with Crippen molar-refractivity contribution in [2.75, 3.05) is 19.8 Å². The van der Waals surface area contributed by atoms with E-state index in [0.717, 1.165) is 49.4 Å². The third-order valence-corrected chi connectivity index (χ3v) is 10.6. The van der Waals surface area contributed by atoms with Gasteiger partial charge in [-0.3, -0.25) is 0 Å². The molecule has 1 atom stereocenters. The maximum atomic E-state index is 11.7. The summed E-state index contributed by atoms with van der Waals surface area (Å²) in [5, 5.41) is 8.93. The van der Waals surface area contributed by atoms with Gasteiger partial charge in [-0.15, -0.1) is 0 Å². The summed E-state index contributed by atoms with van der Waals surface area (Å²) in [6, 6.07) is 30.1. The van der Waals surface area contributed by atoms with E-state index in [-0.39, 0.29) is 28.9 Å². The van der Waals surface area contributed by atoms with Crippen LogP contribution in [0.4, 0.5) is 0 Å². The average Bonchev–Trinajstić information content (AvgIpc) is 3.87. The van der Waals surface area contributed by atoms with Gasteiger partial charge in [0.1, 0.15) is 22.6 Å². The number of H-pyrrole nitrogens is 2. The van der Waals surface area contributed by atoms with Crippen LogP contribution in [0, 0.1) is 0 Å². The van der Waals surface area contributed by atoms with E-state index in [2.05, 4.69) is 20.9 Å². The molecule has 0 saturated carbocycles. The van der Waals surface area contributed by atoms with Gasteiger partial charge in [-0.1, -0.05) is 97.4 Å². The molecule has 14 heteroatoms. The van der Waals surface area contributed by atoms with Crippen molar-refractivity contribution in [1.29, 1.82) is 0 Å². The number of hydrogen-bond donors (Lipinski definition) is 3. The van der Waals surface area contributed by atoms with Crippen molar-refractivity contribution in [2.24, 2.45) is 5.14 Å². The van der Waals surface area contributed by atoms with Crippen LogP contribution in [0.2, 0.25) is 0 Å². The zero-order chi connectivity index (χ0) is 35.6. The predicted octanol–water partition coefficient (Wildman–Crippen LogP) is 6.93. The van der Waals surface area contributed by atoms with E-state index >= 15 is 0 Å². The number of nitrogens with two attached hydrogens (primary N) is 1. The van der Waals surface area contributed by atoms with Gasteiger partial charge in [0.05, 0.1) is 5.75 Å². The predicted molar refractivity (Wildman–Crippen MR) is 204 cm³/mol. The van der Waals surface area contributed by atoms with E-state index in [1.165, 1.54) is 0 Å². The standard InChI is InChI=1S/C39H34N10O2S.Cu/c1-49(2)30(20-9-10-21-52(40,50)51)28-18-11-19-29-31(28)39-47-37-27-17-8-7-16-26(27)35(45-37)43-33-23-13-4-3-12-22(23)32(41-33)42-34-24-14-5-6-15-25(24)36(44-34)46-38(29)48-39;/h3-8,11-19,30H,9-10,20-21H2,1-2H3,(H2,40,50,51)(H2,41,42,43,44,45,46,47,48);. The molecule has 12 nitrogen and oxygen atoms in total. The van der Waals surface area contributed by atoms with Gasteiger partial charge in [-0.05, 0) is 32.5 Å². The van der Waals surface area contributed by atoms with Crippen LogP contribution in [0.1, 0.15) is 30.9 Å². The average molecular weight is 770 g/mol. The minimum Gasteiger partial charge on any atom is -0.324 e. The van der Waals surface area contributed by atoms with Crippen LogP contribution in [0.25, 0.3) is 89.7 Å². The van der Waals surface area contributed by atoms with Gasteiger partial charge < -0.3 is 14.9 Å². The maximum absolute atomic E-state index is 11.7. The van der Waals surface area contributed by atoms with Crippen LogP contribution < -0.4 is 5.14 Å². The Balaban J connectivity index is 0.00000400. The number of unbranched alkanes of at least 4 members (excludes halogenated alkanes) is 1. The molecule has 1 unspecified atom stereocenters. The number of nitrogens with zero attached hydrogens (tertiary/aromatic N) is 7. The van der Waals surface area contributed by atoms with E-state index in [1.54, 1.807) is 0 Å². The van der Waals surface area contributed by atoms with E-state index in [4.69, 9.17) is 35.0 Å². The summed E-state index contributed by atoms with van der Waals surface area (Å²) in [6.45, 7) is 0. The summed E-state index contributed by atoms with van der Waals surface area (Å²) in [5.74, 6) is 2.10. The van der Waals surface area contributed by atoms with Crippen LogP contribution in [-0.2, 0) is 27.1 Å². The summed E-state index contributed by atoms with van der Waals surface area (Å²) < 4.78 is 23.3. The Kier molecular flexibility index (Phi) is 8.88. The molecule has 53 heavy (non-hydrogen) atoms. The quantitative estimate of drug-likeness (QED) is 0.115. The number of nitrogens with one attached hydrogen (secondary N) is 2. The van der Waals surface area contributed by atoms with E-state index in [9.17, 15) is 8.42 Å². The zero-order valence-electron chi connectivity index (χ0n) is 28.8. The number of primary sulfonamides is 1. The summed E-state index contributed by atoms with van der Waals surface area (Å²) in [7, 11) is 0.516. The number of hydrogen-bond acceptors (Lipinski definition) is 9. The molecule has 0 aliphatic carbocycles. The molecule has 3 aromatic heterocycles. The van der Waals surface area contributed by atoms with Crippen LogP contribution in [-0.4, -0.2) is 73.0 Å². The van der Waals surface area contributed by atoms with Crippen LogP contribution in [0.15, 0.2) is 91.0 Å². The van der Waals surface area contributed by atoms with E-state index in [0.29, 0.717) is 65.1 Å². The third kappa shape index (κ3) is 6.28. The second kappa shape index (κ2) is 13.6. The van der Waals surface area contributed by atoms with Crippen molar-refractivity contribution in [3.63, 3.8) is 0 Å². The van der Waals surface area contributed by atoms with Crippen molar-refractivity contribution >= 4 is 54.2 Å².